The molecule has 26 heavy (non-hydrogen) atoms. The third-order valence-electron chi connectivity index (χ3n) is 3.88. The number of hydrogen-bond donors (Lipinski definition) is 2. The van der Waals surface area contributed by atoms with Crippen molar-refractivity contribution >= 4 is 26.0 Å². The molecule has 0 saturated carbocycles. The van der Waals surface area contributed by atoms with Crippen molar-refractivity contribution in [2.24, 2.45) is 0 Å². The van der Waals surface area contributed by atoms with Crippen molar-refractivity contribution in [2.75, 3.05) is 14.2 Å². The highest BCUT2D eigenvalue weighted by Gasteiger charge is 2.60. The van der Waals surface area contributed by atoms with Gasteiger partial charge in [0, 0.05) is 18.2 Å². The molecule has 1 aliphatic carbocycles. The fourth-order valence-electron chi connectivity index (χ4n) is 2.54. The molecule has 1 aromatic rings. The second-order valence-electron chi connectivity index (χ2n) is 5.34. The lowest BCUT2D eigenvalue weighted by molar-refractivity contribution is 0.103. The van der Waals surface area contributed by atoms with E-state index in [1.807, 2.05) is 0 Å². The van der Waals surface area contributed by atoms with E-state index in [9.17, 15) is 30.7 Å². The summed E-state index contributed by atoms with van der Waals surface area (Å²) in [5.41, 5.74) is -0.254. The molecule has 0 saturated heterocycles. The summed E-state index contributed by atoms with van der Waals surface area (Å²) in [5, 5.41) is 0. The Morgan fingerprint density at radius 3 is 2.00 bits per heavy atom. The highest BCUT2D eigenvalue weighted by Crippen LogP contribution is 2.36. The van der Waals surface area contributed by atoms with E-state index in [0.29, 0.717) is 11.8 Å². The van der Waals surface area contributed by atoms with E-state index in [1.165, 1.54) is 31.4 Å². The van der Waals surface area contributed by atoms with E-state index in [2.05, 4.69) is 0 Å². The van der Waals surface area contributed by atoms with Crippen molar-refractivity contribution in [3.63, 3.8) is 0 Å². The first-order chi connectivity index (χ1) is 12.0. The fraction of sp³-hybridized carbons (Fsp3) is 0.267. The van der Waals surface area contributed by atoms with Gasteiger partial charge in [0.1, 0.15) is 11.9 Å². The molecule has 2 N–H and O–H groups in total. The molecule has 0 aliphatic heterocycles. The molecule has 1 atom stereocenters. The molecule has 142 valence electrons. The summed E-state index contributed by atoms with van der Waals surface area (Å²) in [6.45, 7) is 0. The summed E-state index contributed by atoms with van der Waals surface area (Å²) in [6, 6.07) is 5.75. The third-order valence-corrected chi connectivity index (χ3v) is 7.46. The second-order valence-corrected chi connectivity index (χ2v) is 8.85. The topological polar surface area (TPSA) is 144 Å². The Morgan fingerprint density at radius 1 is 1.04 bits per heavy atom. The molecular weight excluding hydrogens is 388 g/mol. The summed E-state index contributed by atoms with van der Waals surface area (Å²) in [5.74, 6) is -0.255. The number of benzene rings is 1. The SMILES string of the molecule is COc1ccc(C(=O)C2=CC(S(=O)(=O)O)(S(=O)(=O)O)C(OC)C=C2)cc1. The van der Waals surface area contributed by atoms with E-state index in [1.54, 1.807) is 0 Å². The van der Waals surface area contributed by atoms with Crippen LogP contribution in [-0.4, -0.2) is 56.1 Å². The normalized spacial score (nSPS) is 19.7. The van der Waals surface area contributed by atoms with Crippen LogP contribution in [0.1, 0.15) is 10.4 Å². The molecule has 0 spiro atoms. The number of Topliss-reactive ketones (excluding diaryl/α,β-unsaturated/α-hetero) is 1. The van der Waals surface area contributed by atoms with Crippen LogP contribution >= 0.6 is 0 Å². The minimum Gasteiger partial charge on any atom is -0.497 e. The molecule has 2 rings (SSSR count). The van der Waals surface area contributed by atoms with Gasteiger partial charge in [0.25, 0.3) is 24.3 Å². The van der Waals surface area contributed by atoms with Gasteiger partial charge in [0.15, 0.2) is 5.78 Å². The molecule has 1 aromatic carbocycles. The van der Waals surface area contributed by atoms with Crippen molar-refractivity contribution in [1.29, 1.82) is 0 Å². The number of hydrogen-bond acceptors (Lipinski definition) is 7. The number of carbonyl (C=O) groups excluding carboxylic acids is 1. The molecule has 0 radical (unpaired) electrons. The van der Waals surface area contributed by atoms with Gasteiger partial charge in [-0.1, -0.05) is 12.2 Å². The summed E-state index contributed by atoms with van der Waals surface area (Å²) < 4.78 is 72.9. The second kappa shape index (κ2) is 6.93. The van der Waals surface area contributed by atoms with Crippen molar-refractivity contribution in [1.82, 2.24) is 0 Å². The van der Waals surface area contributed by atoms with Crippen molar-refractivity contribution < 1.29 is 40.2 Å². The zero-order valence-corrected chi connectivity index (χ0v) is 15.3. The van der Waals surface area contributed by atoms with Gasteiger partial charge < -0.3 is 9.47 Å². The maximum Gasteiger partial charge on any atom is 0.294 e. The molecule has 11 heteroatoms. The molecule has 1 aliphatic rings. The Hall–Kier alpha value is -2.05. The zero-order chi connectivity index (χ0) is 19.8. The summed E-state index contributed by atoms with van der Waals surface area (Å²) in [4.78, 5) is 12.6. The largest absolute Gasteiger partial charge is 0.497 e. The molecular formula is C15H16O9S2. The molecule has 0 aromatic heterocycles. The van der Waals surface area contributed by atoms with Crippen molar-refractivity contribution in [2.45, 2.75) is 10.2 Å². The van der Waals surface area contributed by atoms with Crippen LogP contribution in [0.4, 0.5) is 0 Å². The van der Waals surface area contributed by atoms with E-state index in [-0.39, 0.29) is 11.1 Å². The highest BCUT2D eigenvalue weighted by molar-refractivity contribution is 8.05. The summed E-state index contributed by atoms with van der Waals surface area (Å²) >= 11 is 0. The average Bonchev–Trinajstić information content (AvgIpc) is 2.58. The van der Waals surface area contributed by atoms with Crippen LogP contribution in [0.5, 0.6) is 5.75 Å². The van der Waals surface area contributed by atoms with Gasteiger partial charge >= 0.3 is 0 Å². The highest BCUT2D eigenvalue weighted by atomic mass is 32.3. The first-order valence-corrected chi connectivity index (χ1v) is 9.92. The van der Waals surface area contributed by atoms with Gasteiger partial charge in [-0.15, -0.1) is 0 Å². The van der Waals surface area contributed by atoms with Crippen LogP contribution < -0.4 is 4.74 Å². The minimum absolute atomic E-state index is 0.108. The first kappa shape index (κ1) is 20.3. The molecule has 0 amide bonds. The molecule has 0 fully saturated rings. The Morgan fingerprint density at radius 2 is 1.58 bits per heavy atom. The monoisotopic (exact) mass is 404 g/mol. The average molecular weight is 404 g/mol. The van der Waals surface area contributed by atoms with E-state index in [0.717, 1.165) is 19.3 Å². The summed E-state index contributed by atoms with van der Waals surface area (Å²) in [7, 11) is -8.44. The summed E-state index contributed by atoms with van der Waals surface area (Å²) in [6.07, 6.45) is 0.811. The number of rotatable bonds is 6. The van der Waals surface area contributed by atoms with Crippen molar-refractivity contribution in [3.8, 4) is 5.75 Å². The van der Waals surface area contributed by atoms with E-state index < -0.39 is 36.2 Å². The van der Waals surface area contributed by atoms with Crippen molar-refractivity contribution in [3.05, 3.63) is 53.6 Å². The predicted octanol–water partition coefficient (Wildman–Crippen LogP) is 0.861. The third kappa shape index (κ3) is 3.31. The number of carbonyl (C=O) groups is 1. The smallest absolute Gasteiger partial charge is 0.294 e. The van der Waals surface area contributed by atoms with Gasteiger partial charge in [-0.2, -0.15) is 16.8 Å². The Balaban J connectivity index is 2.64. The van der Waals surface area contributed by atoms with E-state index >= 15 is 0 Å². The lowest BCUT2D eigenvalue weighted by Gasteiger charge is -2.32. The maximum absolute atomic E-state index is 12.6. The number of methoxy groups -OCH3 is 2. The van der Waals surface area contributed by atoms with Gasteiger partial charge in [-0.25, -0.2) is 0 Å². The maximum atomic E-state index is 12.6. The predicted molar refractivity (Wildman–Crippen MR) is 91.2 cm³/mol. The van der Waals surface area contributed by atoms with Gasteiger partial charge in [0.05, 0.1) is 7.11 Å². The van der Waals surface area contributed by atoms with Crippen LogP contribution in [-0.2, 0) is 25.0 Å². The standard InChI is InChI=1S/C15H16O9S2/c1-23-12-6-3-10(4-7-12)14(16)11-5-8-13(24-2)15(9-11,25(17,18)19)26(20,21)22/h3-9,13H,1-2H3,(H,17,18,19)(H,20,21,22). The first-order valence-electron chi connectivity index (χ1n) is 7.04. The Labute approximate surface area is 150 Å². The van der Waals surface area contributed by atoms with Crippen LogP contribution in [0.2, 0.25) is 0 Å². The van der Waals surface area contributed by atoms with Crippen LogP contribution in [0.15, 0.2) is 48.1 Å². The number of ether oxygens (including phenoxy) is 2. The quantitative estimate of drug-likeness (QED) is 0.521. The van der Waals surface area contributed by atoms with Crippen LogP contribution in [0, 0.1) is 0 Å². The van der Waals surface area contributed by atoms with Gasteiger partial charge in [0.2, 0.25) is 0 Å². The molecule has 0 heterocycles. The van der Waals surface area contributed by atoms with Gasteiger partial charge in [-0.05, 0) is 30.3 Å². The van der Waals surface area contributed by atoms with E-state index in [4.69, 9.17) is 9.47 Å². The number of allylic oxidation sites excluding steroid dienone is 2. The Bertz CT molecular complexity index is 938. The van der Waals surface area contributed by atoms with Gasteiger partial charge in [-0.3, -0.25) is 13.9 Å². The Kier molecular flexibility index (Phi) is 5.40. The molecule has 1 unspecified atom stereocenters. The lowest BCUT2D eigenvalue weighted by atomic mass is 9.96. The fourth-order valence-corrected chi connectivity index (χ4v) is 5.09. The number of ketones is 1. The van der Waals surface area contributed by atoms with Crippen LogP contribution in [0.25, 0.3) is 0 Å². The van der Waals surface area contributed by atoms with Crippen LogP contribution in [0.3, 0.4) is 0 Å². The molecule has 9 nitrogen and oxygen atoms in total. The zero-order valence-electron chi connectivity index (χ0n) is 13.7. The molecule has 0 bridgehead atoms. The lowest BCUT2D eigenvalue weighted by Crippen LogP contribution is -2.55. The minimum atomic E-state index is -5.43.